The zero-order valence-corrected chi connectivity index (χ0v) is 9.84. The molecular weight excluding hydrogens is 353 g/mol. The molecule has 0 heterocycles. The van der Waals surface area contributed by atoms with Crippen molar-refractivity contribution in [3.8, 4) is 0 Å². The van der Waals surface area contributed by atoms with Crippen molar-refractivity contribution in [1.29, 1.82) is 0 Å². The van der Waals surface area contributed by atoms with Gasteiger partial charge in [0.2, 0.25) is 0 Å². The quantitative estimate of drug-likeness (QED) is 0.739. The minimum Gasteiger partial charge on any atom is -0.479 e. The molecule has 0 aliphatic heterocycles. The van der Waals surface area contributed by atoms with E-state index in [4.69, 9.17) is 5.11 Å². The van der Waals surface area contributed by atoms with Crippen LogP contribution >= 0.6 is 0 Å². The molecule has 0 fully saturated rings. The summed E-state index contributed by atoms with van der Waals surface area (Å²) in [5.74, 6) is -10.6. The van der Waals surface area contributed by atoms with Crippen molar-refractivity contribution in [2.75, 3.05) is 6.67 Å². The summed E-state index contributed by atoms with van der Waals surface area (Å²) in [4.78, 5) is 10.4. The third-order valence-corrected chi connectivity index (χ3v) is 2.27. The zero-order chi connectivity index (χ0) is 18.2. The van der Waals surface area contributed by atoms with Gasteiger partial charge in [0, 0.05) is 6.42 Å². The van der Waals surface area contributed by atoms with Crippen LogP contribution in [-0.2, 0) is 9.53 Å². The topological polar surface area (TPSA) is 46.5 Å². The fourth-order valence-electron chi connectivity index (χ4n) is 1.10. The molecule has 0 rings (SSSR count). The van der Waals surface area contributed by atoms with Gasteiger partial charge in [0.05, 0.1) is 6.67 Å². The molecule has 1 N–H and O–H groups in total. The molecule has 0 saturated carbocycles. The highest BCUT2D eigenvalue weighted by Gasteiger charge is 2.79. The van der Waals surface area contributed by atoms with Gasteiger partial charge in [0.25, 0.3) is 5.60 Å². The molecule has 0 aromatic carbocycles. The van der Waals surface area contributed by atoms with E-state index in [-0.39, 0.29) is 0 Å². The minimum absolute atomic E-state index is 2.31. The first-order valence-corrected chi connectivity index (χ1v) is 4.85. The highest BCUT2D eigenvalue weighted by Crippen LogP contribution is 2.51. The summed E-state index contributed by atoms with van der Waals surface area (Å²) in [6, 6.07) is 0. The van der Waals surface area contributed by atoms with Gasteiger partial charge >= 0.3 is 30.4 Å². The van der Waals surface area contributed by atoms with Gasteiger partial charge in [-0.2, -0.15) is 43.9 Å². The van der Waals surface area contributed by atoms with Crippen LogP contribution in [0.25, 0.3) is 0 Å². The Balaban J connectivity index is 6.01. The molecule has 3 nitrogen and oxygen atoms in total. The van der Waals surface area contributed by atoms with Crippen molar-refractivity contribution < 1.29 is 62.9 Å². The second-order valence-electron chi connectivity index (χ2n) is 3.76. The van der Waals surface area contributed by atoms with E-state index in [2.05, 4.69) is 4.74 Å². The highest BCUT2D eigenvalue weighted by molar-refractivity contribution is 5.78. The van der Waals surface area contributed by atoms with Crippen molar-refractivity contribution >= 4 is 5.97 Å². The molecule has 132 valence electrons. The Morgan fingerprint density at radius 2 is 1.27 bits per heavy atom. The number of halogens is 11. The van der Waals surface area contributed by atoms with E-state index in [9.17, 15) is 53.1 Å². The van der Waals surface area contributed by atoms with Gasteiger partial charge in [-0.15, -0.1) is 0 Å². The summed E-state index contributed by atoms with van der Waals surface area (Å²) in [6.45, 7) is -2.31. The molecule has 0 aromatic rings. The fraction of sp³-hybridized carbons (Fsp3) is 0.875. The molecule has 14 heteroatoms. The predicted octanol–water partition coefficient (Wildman–Crippen LogP) is 3.54. The summed E-state index contributed by atoms with van der Waals surface area (Å²) < 4.78 is 138. The van der Waals surface area contributed by atoms with Crippen LogP contribution in [0.3, 0.4) is 0 Å². The van der Waals surface area contributed by atoms with E-state index >= 15 is 0 Å². The first kappa shape index (κ1) is 20.7. The standard InChI is InChI=1S/C8H5F11O3/c9-2-1-4(3(20)21,6(12,13)14)22-8(18,19)5(10,11)7(15,16)17/h1-2H2,(H,20,21). The Kier molecular flexibility index (Phi) is 5.35. The molecule has 1 unspecified atom stereocenters. The smallest absolute Gasteiger partial charge is 0.462 e. The summed E-state index contributed by atoms with van der Waals surface area (Å²) in [7, 11) is 0. The van der Waals surface area contributed by atoms with Gasteiger partial charge < -0.3 is 5.11 Å². The number of alkyl halides is 11. The average molecular weight is 358 g/mol. The Bertz CT molecular complexity index is 413. The largest absolute Gasteiger partial charge is 0.479 e. The third-order valence-electron chi connectivity index (χ3n) is 2.27. The summed E-state index contributed by atoms with van der Waals surface area (Å²) >= 11 is 0. The molecule has 0 amide bonds. The van der Waals surface area contributed by atoms with E-state index in [1.165, 1.54) is 0 Å². The van der Waals surface area contributed by atoms with E-state index < -0.39 is 49.0 Å². The molecule has 0 aliphatic rings. The molecule has 0 aliphatic carbocycles. The highest BCUT2D eigenvalue weighted by atomic mass is 19.4. The summed E-state index contributed by atoms with van der Waals surface area (Å²) in [5, 5.41) is 8.25. The SMILES string of the molecule is O=C(O)C(CCF)(OC(F)(F)C(F)(F)C(F)(F)F)C(F)(F)F. The Morgan fingerprint density at radius 3 is 1.50 bits per heavy atom. The second kappa shape index (κ2) is 5.70. The number of hydrogen-bond acceptors (Lipinski definition) is 2. The van der Waals surface area contributed by atoms with Gasteiger partial charge in [0.1, 0.15) is 0 Å². The fourth-order valence-corrected chi connectivity index (χ4v) is 1.10. The Labute approximate surface area is 113 Å². The number of ether oxygens (including phenoxy) is 1. The minimum atomic E-state index is -7.15. The maximum Gasteiger partial charge on any atom is 0.462 e. The lowest BCUT2D eigenvalue weighted by Gasteiger charge is -2.36. The molecule has 22 heavy (non-hydrogen) atoms. The first-order valence-electron chi connectivity index (χ1n) is 4.85. The molecule has 0 aromatic heterocycles. The average Bonchev–Trinajstić information content (AvgIpc) is 2.24. The molecule has 1 atom stereocenters. The van der Waals surface area contributed by atoms with Crippen LogP contribution in [0, 0.1) is 0 Å². The molecule has 0 bridgehead atoms. The number of aliphatic carboxylic acids is 1. The van der Waals surface area contributed by atoms with Crippen LogP contribution in [0.1, 0.15) is 6.42 Å². The van der Waals surface area contributed by atoms with Crippen LogP contribution in [0.5, 0.6) is 0 Å². The van der Waals surface area contributed by atoms with Gasteiger partial charge in [-0.3, -0.25) is 9.13 Å². The molecule has 0 saturated heterocycles. The lowest BCUT2D eigenvalue weighted by Crippen LogP contribution is -2.63. The Morgan fingerprint density at radius 1 is 0.864 bits per heavy atom. The normalized spacial score (nSPS) is 17.2. The van der Waals surface area contributed by atoms with Gasteiger partial charge in [-0.25, -0.2) is 4.79 Å². The zero-order valence-electron chi connectivity index (χ0n) is 9.84. The van der Waals surface area contributed by atoms with Crippen molar-refractivity contribution in [2.45, 2.75) is 36.4 Å². The van der Waals surface area contributed by atoms with Crippen molar-refractivity contribution in [3.05, 3.63) is 0 Å². The predicted molar refractivity (Wildman–Crippen MR) is 44.0 cm³/mol. The van der Waals surface area contributed by atoms with Gasteiger partial charge in [0.15, 0.2) is 0 Å². The number of carboxylic acid groups (broad SMARTS) is 1. The van der Waals surface area contributed by atoms with Crippen LogP contribution in [-0.4, -0.2) is 47.7 Å². The third kappa shape index (κ3) is 3.35. The Hall–Kier alpha value is -1.34. The van der Waals surface area contributed by atoms with Crippen molar-refractivity contribution in [3.63, 3.8) is 0 Å². The van der Waals surface area contributed by atoms with E-state index in [1.54, 1.807) is 0 Å². The number of carbonyl (C=O) groups is 1. The lowest BCUT2D eigenvalue weighted by atomic mass is 9.99. The lowest BCUT2D eigenvalue weighted by molar-refractivity contribution is -0.458. The van der Waals surface area contributed by atoms with Crippen molar-refractivity contribution in [2.24, 2.45) is 0 Å². The van der Waals surface area contributed by atoms with Gasteiger partial charge in [-0.1, -0.05) is 0 Å². The second-order valence-corrected chi connectivity index (χ2v) is 3.76. The van der Waals surface area contributed by atoms with E-state index in [1.807, 2.05) is 0 Å². The van der Waals surface area contributed by atoms with Crippen molar-refractivity contribution in [1.82, 2.24) is 0 Å². The maximum atomic E-state index is 12.8. The van der Waals surface area contributed by atoms with Crippen LogP contribution in [0.15, 0.2) is 0 Å². The van der Waals surface area contributed by atoms with E-state index in [0.29, 0.717) is 0 Å². The number of hydrogen-bond donors (Lipinski definition) is 1. The van der Waals surface area contributed by atoms with Crippen LogP contribution in [0.2, 0.25) is 0 Å². The number of rotatable bonds is 6. The van der Waals surface area contributed by atoms with Gasteiger partial charge in [-0.05, 0) is 0 Å². The van der Waals surface area contributed by atoms with E-state index in [0.717, 1.165) is 0 Å². The number of carboxylic acids is 1. The molecular formula is C8H5F11O3. The molecule has 0 radical (unpaired) electrons. The monoisotopic (exact) mass is 358 g/mol. The van der Waals surface area contributed by atoms with Crippen LogP contribution in [0.4, 0.5) is 48.3 Å². The molecule has 0 spiro atoms. The maximum absolute atomic E-state index is 12.8. The summed E-state index contributed by atoms with van der Waals surface area (Å²) in [6.07, 6.45) is -22.8. The van der Waals surface area contributed by atoms with Crippen LogP contribution < -0.4 is 0 Å². The first-order chi connectivity index (χ1) is 9.46. The summed E-state index contributed by atoms with van der Waals surface area (Å²) in [5.41, 5.74) is -5.29.